The monoisotopic (exact) mass is 178 g/mol. The molecule has 1 rings (SSSR count). The van der Waals surface area contributed by atoms with Gasteiger partial charge >= 0.3 is 11.9 Å². The van der Waals surface area contributed by atoms with E-state index in [4.69, 9.17) is 21.8 Å². The van der Waals surface area contributed by atoms with Gasteiger partial charge in [0.25, 0.3) is 0 Å². The van der Waals surface area contributed by atoms with Crippen LogP contribution in [0, 0.1) is 11.8 Å². The lowest BCUT2D eigenvalue weighted by Gasteiger charge is -1.97. The van der Waals surface area contributed by atoms with E-state index in [1.807, 2.05) is 0 Å². The van der Waals surface area contributed by atoms with Crippen LogP contribution < -0.4 is 0 Å². The summed E-state index contributed by atoms with van der Waals surface area (Å²) in [6, 6.07) is 0. The Morgan fingerprint density at radius 3 is 2.00 bits per heavy atom. The molecule has 0 radical (unpaired) electrons. The van der Waals surface area contributed by atoms with E-state index in [-0.39, 0.29) is 0 Å². The largest absolute Gasteiger partial charge is 0.481 e. The average molecular weight is 179 g/mol. The van der Waals surface area contributed by atoms with Gasteiger partial charge in [-0.2, -0.15) is 0 Å². The van der Waals surface area contributed by atoms with E-state index in [1.165, 1.54) is 6.92 Å². The fourth-order valence-electron chi connectivity index (χ4n) is 1.24. The maximum absolute atomic E-state index is 10.4. The second-order valence-electron chi connectivity index (χ2n) is 2.68. The van der Waals surface area contributed by atoms with Crippen LogP contribution in [-0.4, -0.2) is 27.0 Å². The fourth-order valence-corrected chi connectivity index (χ4v) is 1.59. The summed E-state index contributed by atoms with van der Waals surface area (Å²) in [6.07, 6.45) is 0. The first kappa shape index (κ1) is 8.33. The van der Waals surface area contributed by atoms with Gasteiger partial charge in [-0.05, 0) is 0 Å². The Balaban J connectivity index is 2.81. The molecule has 1 aliphatic carbocycles. The molecule has 0 amide bonds. The Labute approximate surface area is 67.8 Å². The van der Waals surface area contributed by atoms with E-state index in [0.29, 0.717) is 0 Å². The summed E-state index contributed by atoms with van der Waals surface area (Å²) in [5.74, 6) is -3.82. The molecule has 0 aromatic carbocycles. The topological polar surface area (TPSA) is 74.6 Å². The van der Waals surface area contributed by atoms with Crippen molar-refractivity contribution in [2.24, 2.45) is 11.8 Å². The third-order valence-corrected chi connectivity index (χ3v) is 2.84. The van der Waals surface area contributed by atoms with Crippen molar-refractivity contribution in [3.8, 4) is 0 Å². The maximum Gasteiger partial charge on any atom is 0.325 e. The Morgan fingerprint density at radius 2 is 1.91 bits per heavy atom. The molecule has 5 heteroatoms. The minimum atomic E-state index is -1.56. The van der Waals surface area contributed by atoms with Crippen LogP contribution in [0.15, 0.2) is 0 Å². The molecule has 1 saturated carbocycles. The zero-order valence-corrected chi connectivity index (χ0v) is 6.50. The number of aliphatic carboxylic acids is 2. The van der Waals surface area contributed by atoms with Gasteiger partial charge in [0.15, 0.2) is 4.87 Å². The molecule has 0 heterocycles. The number of hydrogen-bond acceptors (Lipinski definition) is 2. The molecule has 62 valence electrons. The molecule has 0 aromatic rings. The molecule has 0 bridgehead atoms. The highest BCUT2D eigenvalue weighted by molar-refractivity contribution is 6.38. The molecule has 11 heavy (non-hydrogen) atoms. The minimum absolute atomic E-state index is 0.487. The van der Waals surface area contributed by atoms with Crippen molar-refractivity contribution in [1.82, 2.24) is 0 Å². The van der Waals surface area contributed by atoms with Crippen molar-refractivity contribution >= 4 is 23.5 Å². The van der Waals surface area contributed by atoms with Crippen LogP contribution >= 0.6 is 11.6 Å². The van der Waals surface area contributed by atoms with E-state index in [9.17, 15) is 9.59 Å². The lowest BCUT2D eigenvalue weighted by Crippen LogP contribution is -2.21. The van der Waals surface area contributed by atoms with Crippen molar-refractivity contribution < 1.29 is 19.8 Å². The quantitative estimate of drug-likeness (QED) is 0.601. The second kappa shape index (κ2) is 2.11. The number of hydrogen-bond donors (Lipinski definition) is 2. The normalized spacial score (nSPS) is 41.6. The van der Waals surface area contributed by atoms with Crippen LogP contribution in [0.5, 0.6) is 0 Å². The van der Waals surface area contributed by atoms with Gasteiger partial charge in [0.1, 0.15) is 0 Å². The van der Waals surface area contributed by atoms with Gasteiger partial charge in [-0.15, -0.1) is 11.6 Å². The molecule has 0 aromatic heterocycles. The summed E-state index contributed by atoms with van der Waals surface area (Å²) in [4.78, 5) is 19.2. The highest BCUT2D eigenvalue weighted by Crippen LogP contribution is 2.55. The third kappa shape index (κ3) is 0.894. The Kier molecular flexibility index (Phi) is 1.59. The van der Waals surface area contributed by atoms with Crippen molar-refractivity contribution in [2.45, 2.75) is 11.8 Å². The van der Waals surface area contributed by atoms with Crippen LogP contribution in [0.1, 0.15) is 6.92 Å². The molecular weight excluding hydrogens is 172 g/mol. The van der Waals surface area contributed by atoms with E-state index < -0.39 is 28.6 Å². The number of carboxylic acids is 2. The van der Waals surface area contributed by atoms with Gasteiger partial charge in [-0.25, -0.2) is 0 Å². The molecule has 1 aliphatic rings. The molecule has 1 fully saturated rings. The van der Waals surface area contributed by atoms with Crippen LogP contribution in [0.3, 0.4) is 0 Å². The van der Waals surface area contributed by atoms with Crippen molar-refractivity contribution in [1.29, 1.82) is 0 Å². The molecule has 0 saturated heterocycles. The predicted octanol–water partition coefficient (Wildman–Crippen LogP) is 0.399. The molecule has 0 spiro atoms. The summed E-state index contributed by atoms with van der Waals surface area (Å²) in [7, 11) is 0. The first-order valence-electron chi connectivity index (χ1n) is 3.07. The van der Waals surface area contributed by atoms with Gasteiger partial charge in [-0.1, -0.05) is 6.92 Å². The summed E-state index contributed by atoms with van der Waals surface area (Å²) < 4.78 is 0. The SMILES string of the molecule is C[C@@H]1[C@@H](C(=O)O)[C@]1(Cl)C(=O)O. The van der Waals surface area contributed by atoms with E-state index in [0.717, 1.165) is 0 Å². The van der Waals surface area contributed by atoms with E-state index in [2.05, 4.69) is 0 Å². The second-order valence-corrected chi connectivity index (χ2v) is 3.30. The van der Waals surface area contributed by atoms with Crippen molar-refractivity contribution in [3.63, 3.8) is 0 Å². The summed E-state index contributed by atoms with van der Waals surface area (Å²) in [5.41, 5.74) is 0. The number of carboxylic acid groups (broad SMARTS) is 2. The van der Waals surface area contributed by atoms with Gasteiger partial charge in [0.05, 0.1) is 5.92 Å². The van der Waals surface area contributed by atoms with Gasteiger partial charge in [-0.3, -0.25) is 9.59 Å². The standard InChI is InChI=1S/C6H7ClO4/c1-2-3(4(8)9)6(2,7)5(10)11/h2-3H,1H3,(H,8,9)(H,10,11)/t2-,3+,6+/m1/s1. The summed E-state index contributed by atoms with van der Waals surface area (Å²) in [6.45, 7) is 1.51. The number of alkyl halides is 1. The van der Waals surface area contributed by atoms with Gasteiger partial charge < -0.3 is 10.2 Å². The summed E-state index contributed by atoms with van der Waals surface area (Å²) >= 11 is 5.51. The number of rotatable bonds is 2. The molecule has 0 unspecified atom stereocenters. The summed E-state index contributed by atoms with van der Waals surface area (Å²) in [5, 5.41) is 17.0. The van der Waals surface area contributed by atoms with Gasteiger partial charge in [0.2, 0.25) is 0 Å². The van der Waals surface area contributed by atoms with Crippen LogP contribution in [0.25, 0.3) is 0 Å². The molecule has 0 aliphatic heterocycles. The predicted molar refractivity (Wildman–Crippen MR) is 36.5 cm³/mol. The molecule has 3 atom stereocenters. The molecule has 4 nitrogen and oxygen atoms in total. The third-order valence-electron chi connectivity index (χ3n) is 2.10. The zero-order valence-electron chi connectivity index (χ0n) is 5.74. The van der Waals surface area contributed by atoms with Crippen LogP contribution in [-0.2, 0) is 9.59 Å². The molecular formula is C6H7ClO4. The lowest BCUT2D eigenvalue weighted by molar-refractivity contribution is -0.143. The van der Waals surface area contributed by atoms with E-state index in [1.54, 1.807) is 0 Å². The average Bonchev–Trinajstić information content (AvgIpc) is 2.37. The molecule has 2 N–H and O–H groups in total. The van der Waals surface area contributed by atoms with Crippen molar-refractivity contribution in [3.05, 3.63) is 0 Å². The van der Waals surface area contributed by atoms with Gasteiger partial charge in [0, 0.05) is 5.92 Å². The van der Waals surface area contributed by atoms with Crippen LogP contribution in [0.4, 0.5) is 0 Å². The minimum Gasteiger partial charge on any atom is -0.481 e. The zero-order chi connectivity index (χ0) is 8.81. The fraction of sp³-hybridized carbons (Fsp3) is 0.667. The van der Waals surface area contributed by atoms with Crippen molar-refractivity contribution in [2.75, 3.05) is 0 Å². The van der Waals surface area contributed by atoms with E-state index >= 15 is 0 Å². The smallest absolute Gasteiger partial charge is 0.325 e. The maximum atomic E-state index is 10.4. The van der Waals surface area contributed by atoms with Crippen LogP contribution in [0.2, 0.25) is 0 Å². The number of halogens is 1. The lowest BCUT2D eigenvalue weighted by atomic mass is 10.3. The highest BCUT2D eigenvalue weighted by atomic mass is 35.5. The Bertz CT molecular complexity index is 227. The first-order valence-corrected chi connectivity index (χ1v) is 3.45. The number of carbonyl (C=O) groups is 2. The highest BCUT2D eigenvalue weighted by Gasteiger charge is 2.71. The first-order chi connectivity index (χ1) is 4.92. The Morgan fingerprint density at radius 1 is 1.45 bits per heavy atom. The Hall–Kier alpha value is -0.770.